The zero-order chi connectivity index (χ0) is 10.6. The van der Waals surface area contributed by atoms with Crippen LogP contribution >= 0.6 is 0 Å². The summed E-state index contributed by atoms with van der Waals surface area (Å²) in [6.07, 6.45) is 1.81. The molecule has 1 atom stereocenters. The van der Waals surface area contributed by atoms with Crippen LogP contribution in [0, 0.1) is 5.92 Å². The van der Waals surface area contributed by atoms with Gasteiger partial charge in [-0.25, -0.2) is 0 Å². The van der Waals surface area contributed by atoms with Crippen LogP contribution in [0.3, 0.4) is 0 Å². The summed E-state index contributed by atoms with van der Waals surface area (Å²) in [7, 11) is 1.26. The van der Waals surface area contributed by atoms with Gasteiger partial charge in [0.1, 0.15) is 5.92 Å². The van der Waals surface area contributed by atoms with Crippen molar-refractivity contribution in [1.82, 2.24) is 0 Å². The lowest BCUT2D eigenvalue weighted by atomic mass is 10.00. The Kier molecular flexibility index (Phi) is 3.45. The molecule has 0 radical (unpaired) electrons. The van der Waals surface area contributed by atoms with E-state index in [9.17, 15) is 9.59 Å². The van der Waals surface area contributed by atoms with Gasteiger partial charge in [0.15, 0.2) is 5.76 Å². The summed E-state index contributed by atoms with van der Waals surface area (Å²) in [6, 6.07) is 3.14. The predicted molar refractivity (Wildman–Crippen MR) is 48.8 cm³/mol. The average molecular weight is 196 g/mol. The SMILES string of the molecule is CCC(C(=O)OC)C(=O)c1ccco1. The molecule has 1 heterocycles. The summed E-state index contributed by atoms with van der Waals surface area (Å²) in [5.74, 6) is -1.41. The second-order valence-corrected chi connectivity index (χ2v) is 2.83. The maximum Gasteiger partial charge on any atom is 0.316 e. The highest BCUT2D eigenvalue weighted by molar-refractivity contribution is 6.06. The quantitative estimate of drug-likeness (QED) is 0.417. The van der Waals surface area contributed by atoms with Crippen molar-refractivity contribution >= 4 is 11.8 Å². The van der Waals surface area contributed by atoms with Gasteiger partial charge >= 0.3 is 5.97 Å². The Balaban J connectivity index is 2.81. The summed E-state index contributed by atoms with van der Waals surface area (Å²) < 4.78 is 9.44. The van der Waals surface area contributed by atoms with Crippen LogP contribution < -0.4 is 0 Å². The van der Waals surface area contributed by atoms with E-state index in [1.807, 2.05) is 0 Å². The first-order valence-corrected chi connectivity index (χ1v) is 4.36. The first-order chi connectivity index (χ1) is 6.70. The average Bonchev–Trinajstić information content (AvgIpc) is 2.71. The third kappa shape index (κ3) is 2.02. The van der Waals surface area contributed by atoms with Gasteiger partial charge in [-0.15, -0.1) is 0 Å². The van der Waals surface area contributed by atoms with Crippen LogP contribution in [-0.4, -0.2) is 18.9 Å². The van der Waals surface area contributed by atoms with Gasteiger partial charge in [0.05, 0.1) is 13.4 Å². The van der Waals surface area contributed by atoms with E-state index in [2.05, 4.69) is 4.74 Å². The number of esters is 1. The number of ether oxygens (including phenoxy) is 1. The molecule has 0 spiro atoms. The summed E-state index contributed by atoms with van der Waals surface area (Å²) in [6.45, 7) is 1.75. The Bertz CT molecular complexity index is 313. The second kappa shape index (κ2) is 4.60. The standard InChI is InChI=1S/C10H12O4/c1-3-7(10(12)13-2)9(11)8-5-4-6-14-8/h4-7H,3H2,1-2H3. The van der Waals surface area contributed by atoms with Gasteiger partial charge in [0.25, 0.3) is 0 Å². The van der Waals surface area contributed by atoms with Crippen LogP contribution in [0.2, 0.25) is 0 Å². The lowest BCUT2D eigenvalue weighted by molar-refractivity contribution is -0.143. The molecule has 0 aliphatic rings. The van der Waals surface area contributed by atoms with Crippen molar-refractivity contribution in [3.63, 3.8) is 0 Å². The molecule has 1 aromatic rings. The van der Waals surface area contributed by atoms with E-state index in [4.69, 9.17) is 4.42 Å². The highest BCUT2D eigenvalue weighted by atomic mass is 16.5. The highest BCUT2D eigenvalue weighted by Crippen LogP contribution is 2.14. The zero-order valence-corrected chi connectivity index (χ0v) is 8.15. The lowest BCUT2D eigenvalue weighted by Gasteiger charge is -2.08. The van der Waals surface area contributed by atoms with E-state index in [1.54, 1.807) is 13.0 Å². The number of methoxy groups -OCH3 is 1. The minimum atomic E-state index is -0.758. The minimum absolute atomic E-state index is 0.197. The van der Waals surface area contributed by atoms with Crippen LogP contribution in [0.15, 0.2) is 22.8 Å². The van der Waals surface area contributed by atoms with Gasteiger partial charge in [-0.1, -0.05) is 6.92 Å². The number of rotatable bonds is 4. The summed E-state index contributed by atoms with van der Waals surface area (Å²) in [5.41, 5.74) is 0. The van der Waals surface area contributed by atoms with Crippen molar-refractivity contribution in [2.75, 3.05) is 7.11 Å². The molecular formula is C10H12O4. The molecule has 0 aliphatic heterocycles. The van der Waals surface area contributed by atoms with Crippen molar-refractivity contribution < 1.29 is 18.7 Å². The molecule has 76 valence electrons. The van der Waals surface area contributed by atoms with E-state index in [0.717, 1.165) is 0 Å². The van der Waals surface area contributed by atoms with E-state index >= 15 is 0 Å². The van der Waals surface area contributed by atoms with Crippen LogP contribution in [0.1, 0.15) is 23.9 Å². The van der Waals surface area contributed by atoms with Crippen molar-refractivity contribution in [2.24, 2.45) is 5.92 Å². The largest absolute Gasteiger partial charge is 0.468 e. The van der Waals surface area contributed by atoms with Gasteiger partial charge in [-0.05, 0) is 18.6 Å². The first-order valence-electron chi connectivity index (χ1n) is 4.36. The van der Waals surface area contributed by atoms with E-state index in [1.165, 1.54) is 19.4 Å². The molecule has 0 saturated carbocycles. The number of hydrogen-bond donors (Lipinski definition) is 0. The molecule has 0 aliphatic carbocycles. The van der Waals surface area contributed by atoms with E-state index in [-0.39, 0.29) is 11.5 Å². The summed E-state index contributed by atoms with van der Waals surface area (Å²) >= 11 is 0. The van der Waals surface area contributed by atoms with Crippen molar-refractivity contribution in [2.45, 2.75) is 13.3 Å². The molecule has 1 unspecified atom stereocenters. The minimum Gasteiger partial charge on any atom is -0.468 e. The fraction of sp³-hybridized carbons (Fsp3) is 0.400. The Morgan fingerprint density at radius 2 is 2.29 bits per heavy atom. The predicted octanol–water partition coefficient (Wildman–Crippen LogP) is 1.66. The second-order valence-electron chi connectivity index (χ2n) is 2.83. The maximum absolute atomic E-state index is 11.6. The van der Waals surface area contributed by atoms with Crippen LogP contribution in [-0.2, 0) is 9.53 Å². The molecule has 4 nitrogen and oxygen atoms in total. The molecular weight excluding hydrogens is 184 g/mol. The monoisotopic (exact) mass is 196 g/mol. The third-order valence-electron chi connectivity index (χ3n) is 1.97. The van der Waals surface area contributed by atoms with E-state index in [0.29, 0.717) is 6.42 Å². The Morgan fingerprint density at radius 1 is 1.57 bits per heavy atom. The van der Waals surface area contributed by atoms with Crippen LogP contribution in [0.25, 0.3) is 0 Å². The Morgan fingerprint density at radius 3 is 2.71 bits per heavy atom. The fourth-order valence-electron chi connectivity index (χ4n) is 1.19. The molecule has 1 rings (SSSR count). The topological polar surface area (TPSA) is 56.5 Å². The third-order valence-corrected chi connectivity index (χ3v) is 1.97. The molecule has 4 heteroatoms. The first kappa shape index (κ1) is 10.5. The molecule has 1 aromatic heterocycles. The number of ketones is 1. The number of hydrogen-bond acceptors (Lipinski definition) is 4. The Hall–Kier alpha value is -1.58. The van der Waals surface area contributed by atoms with Crippen LogP contribution in [0.5, 0.6) is 0 Å². The van der Waals surface area contributed by atoms with Gasteiger partial charge < -0.3 is 9.15 Å². The Labute approximate surface area is 81.9 Å². The molecule has 0 aromatic carbocycles. The molecule has 0 N–H and O–H groups in total. The highest BCUT2D eigenvalue weighted by Gasteiger charge is 2.28. The van der Waals surface area contributed by atoms with Gasteiger partial charge in [0, 0.05) is 0 Å². The van der Waals surface area contributed by atoms with Crippen molar-refractivity contribution in [1.29, 1.82) is 0 Å². The lowest BCUT2D eigenvalue weighted by Crippen LogP contribution is -2.24. The van der Waals surface area contributed by atoms with Gasteiger partial charge in [-0.3, -0.25) is 9.59 Å². The summed E-state index contributed by atoms with van der Waals surface area (Å²) in [4.78, 5) is 22.8. The molecule has 0 bridgehead atoms. The van der Waals surface area contributed by atoms with Gasteiger partial charge in [0.2, 0.25) is 5.78 Å². The smallest absolute Gasteiger partial charge is 0.316 e. The molecule has 0 saturated heterocycles. The maximum atomic E-state index is 11.6. The normalized spacial score (nSPS) is 12.1. The fourth-order valence-corrected chi connectivity index (χ4v) is 1.19. The van der Waals surface area contributed by atoms with Crippen LogP contribution in [0.4, 0.5) is 0 Å². The summed E-state index contributed by atoms with van der Waals surface area (Å²) in [5, 5.41) is 0. The zero-order valence-electron chi connectivity index (χ0n) is 8.15. The molecule has 0 amide bonds. The molecule has 14 heavy (non-hydrogen) atoms. The number of Topliss-reactive ketones (excluding diaryl/α,β-unsaturated/α-hetero) is 1. The molecule has 0 fully saturated rings. The van der Waals surface area contributed by atoms with E-state index < -0.39 is 11.9 Å². The number of carbonyl (C=O) groups excluding carboxylic acids is 2. The number of furan rings is 1. The van der Waals surface area contributed by atoms with Gasteiger partial charge in [-0.2, -0.15) is 0 Å². The number of carbonyl (C=O) groups is 2. The van der Waals surface area contributed by atoms with Crippen molar-refractivity contribution in [3.8, 4) is 0 Å². The van der Waals surface area contributed by atoms with Crippen molar-refractivity contribution in [3.05, 3.63) is 24.2 Å².